The molecule has 0 saturated heterocycles. The molecule has 33 heavy (non-hydrogen) atoms. The van der Waals surface area contributed by atoms with Crippen LogP contribution in [0.4, 0.5) is 0 Å². The van der Waals surface area contributed by atoms with Gasteiger partial charge in [-0.25, -0.2) is 12.8 Å². The van der Waals surface area contributed by atoms with Crippen LogP contribution in [0.15, 0.2) is 41.4 Å². The van der Waals surface area contributed by atoms with E-state index in [9.17, 15) is 22.8 Å². The molecule has 0 saturated carbocycles. The topological polar surface area (TPSA) is 134 Å². The van der Waals surface area contributed by atoms with Crippen LogP contribution >= 0.6 is 11.5 Å². The van der Waals surface area contributed by atoms with Crippen LogP contribution in [0.2, 0.25) is 0 Å². The van der Waals surface area contributed by atoms with Gasteiger partial charge in [0, 0.05) is 24.0 Å². The minimum absolute atomic E-state index is 0.00429. The van der Waals surface area contributed by atoms with Gasteiger partial charge in [-0.15, -0.1) is 0 Å². The van der Waals surface area contributed by atoms with Gasteiger partial charge < -0.3 is 10.6 Å². The van der Waals surface area contributed by atoms with Crippen LogP contribution in [0.5, 0.6) is 0 Å². The lowest BCUT2D eigenvalue weighted by Gasteiger charge is -2.24. The Labute approximate surface area is 197 Å². The van der Waals surface area contributed by atoms with Crippen LogP contribution in [0, 0.1) is 5.92 Å². The van der Waals surface area contributed by atoms with Crippen LogP contribution in [0.25, 0.3) is 0 Å². The van der Waals surface area contributed by atoms with E-state index in [0.29, 0.717) is 19.4 Å². The molecule has 0 fully saturated rings. The number of carbonyl (C=O) groups excluding carboxylic acids is 3. The molecule has 11 heteroatoms. The van der Waals surface area contributed by atoms with Crippen LogP contribution in [-0.2, 0) is 37.2 Å². The molecule has 178 valence electrons. The highest BCUT2D eigenvalue weighted by Crippen LogP contribution is 2.19. The standard InChI is InChI=1S/C22H28N4O5S2/c1-14(2)11-18(26-33(30,31)16-8-4-3-5-9-16)21(28)25-17-12-19-15(13-24-32-19)7-6-10-23-22(29)20(17)27/h3-5,8-9,13-14,17-18,26H,6-7,10-12H2,1-2H3,(H,23,29)(H,25,28). The molecule has 2 heterocycles. The Morgan fingerprint density at radius 2 is 1.97 bits per heavy atom. The van der Waals surface area contributed by atoms with Gasteiger partial charge in [-0.3, -0.25) is 14.4 Å². The quantitative estimate of drug-likeness (QED) is 0.497. The Bertz CT molecular complexity index is 1100. The molecule has 1 aromatic carbocycles. The number of carbonyl (C=O) groups is 3. The number of aryl methyl sites for hydroxylation is 1. The first-order chi connectivity index (χ1) is 15.7. The maximum absolute atomic E-state index is 13.2. The fourth-order valence-corrected chi connectivity index (χ4v) is 5.63. The van der Waals surface area contributed by atoms with E-state index in [-0.39, 0.29) is 23.7 Å². The van der Waals surface area contributed by atoms with Crippen molar-refractivity contribution in [3.05, 3.63) is 47.0 Å². The van der Waals surface area contributed by atoms with Gasteiger partial charge in [0.1, 0.15) is 12.1 Å². The van der Waals surface area contributed by atoms with Crippen molar-refractivity contribution in [3.63, 3.8) is 0 Å². The number of fused-ring (bicyclic) bond motifs is 1. The Kier molecular flexibility index (Phi) is 8.33. The Balaban J connectivity index is 1.83. The van der Waals surface area contributed by atoms with Gasteiger partial charge in [0.2, 0.25) is 21.7 Å². The highest BCUT2D eigenvalue weighted by Gasteiger charge is 2.33. The summed E-state index contributed by atoms with van der Waals surface area (Å²) in [6.07, 6.45) is 3.46. The second kappa shape index (κ2) is 11.0. The van der Waals surface area contributed by atoms with Crippen molar-refractivity contribution >= 4 is 39.2 Å². The lowest BCUT2D eigenvalue weighted by molar-refractivity contribution is -0.140. The minimum atomic E-state index is -3.96. The monoisotopic (exact) mass is 492 g/mol. The maximum atomic E-state index is 13.2. The molecular formula is C22H28N4O5S2. The molecule has 2 unspecified atom stereocenters. The van der Waals surface area contributed by atoms with Crippen molar-refractivity contribution in [2.45, 2.75) is 56.5 Å². The second-order valence-electron chi connectivity index (χ2n) is 8.38. The molecule has 2 amide bonds. The molecule has 0 aliphatic carbocycles. The number of Topliss-reactive ketones (excluding diaryl/α,β-unsaturated/α-hetero) is 1. The average molecular weight is 493 g/mol. The molecule has 3 rings (SSSR count). The van der Waals surface area contributed by atoms with Crippen molar-refractivity contribution in [2.75, 3.05) is 6.54 Å². The Morgan fingerprint density at radius 1 is 1.24 bits per heavy atom. The van der Waals surface area contributed by atoms with Gasteiger partial charge >= 0.3 is 0 Å². The first-order valence-electron chi connectivity index (χ1n) is 10.8. The summed E-state index contributed by atoms with van der Waals surface area (Å²) in [6, 6.07) is 5.53. The number of hydrogen-bond acceptors (Lipinski definition) is 7. The Morgan fingerprint density at radius 3 is 2.67 bits per heavy atom. The number of ketones is 1. The normalized spacial score (nSPS) is 18.3. The summed E-state index contributed by atoms with van der Waals surface area (Å²) in [7, 11) is -3.96. The summed E-state index contributed by atoms with van der Waals surface area (Å²) >= 11 is 1.23. The van der Waals surface area contributed by atoms with Gasteiger partial charge in [0.15, 0.2) is 0 Å². The number of amides is 2. The van der Waals surface area contributed by atoms with Crippen LogP contribution in [0.1, 0.15) is 37.1 Å². The third-order valence-electron chi connectivity index (χ3n) is 5.26. The smallest absolute Gasteiger partial charge is 0.289 e. The van der Waals surface area contributed by atoms with E-state index in [4.69, 9.17) is 0 Å². The van der Waals surface area contributed by atoms with Crippen molar-refractivity contribution in [1.29, 1.82) is 0 Å². The molecule has 0 spiro atoms. The van der Waals surface area contributed by atoms with Crippen molar-refractivity contribution in [2.24, 2.45) is 5.92 Å². The van der Waals surface area contributed by atoms with Crippen molar-refractivity contribution < 1.29 is 22.8 Å². The zero-order valence-electron chi connectivity index (χ0n) is 18.5. The summed E-state index contributed by atoms with van der Waals surface area (Å²) in [5.74, 6) is -2.19. The predicted molar refractivity (Wildman–Crippen MR) is 124 cm³/mol. The van der Waals surface area contributed by atoms with Gasteiger partial charge in [-0.05, 0) is 54.4 Å². The van der Waals surface area contributed by atoms with E-state index in [1.165, 1.54) is 23.7 Å². The summed E-state index contributed by atoms with van der Waals surface area (Å²) in [6.45, 7) is 4.07. The first kappa shape index (κ1) is 25.0. The van der Waals surface area contributed by atoms with Gasteiger partial charge in [0.25, 0.3) is 5.91 Å². The van der Waals surface area contributed by atoms with E-state index in [1.54, 1.807) is 24.4 Å². The lowest BCUT2D eigenvalue weighted by atomic mass is 10.00. The Hall–Kier alpha value is -2.63. The predicted octanol–water partition coefficient (Wildman–Crippen LogP) is 1.20. The minimum Gasteiger partial charge on any atom is -0.349 e. The molecule has 0 radical (unpaired) electrons. The van der Waals surface area contributed by atoms with E-state index >= 15 is 0 Å². The first-order valence-corrected chi connectivity index (χ1v) is 13.0. The molecule has 2 atom stereocenters. The lowest BCUT2D eigenvalue weighted by Crippen LogP contribution is -2.55. The highest BCUT2D eigenvalue weighted by molar-refractivity contribution is 7.89. The number of nitrogens with one attached hydrogen (secondary N) is 3. The summed E-state index contributed by atoms with van der Waals surface area (Å²) in [5.41, 5.74) is 0.978. The van der Waals surface area contributed by atoms with E-state index < -0.39 is 39.7 Å². The maximum Gasteiger partial charge on any atom is 0.289 e. The van der Waals surface area contributed by atoms with Crippen molar-refractivity contribution in [3.8, 4) is 0 Å². The number of hydrogen-bond donors (Lipinski definition) is 3. The molecule has 1 aliphatic heterocycles. The molecule has 0 bridgehead atoms. The van der Waals surface area contributed by atoms with Gasteiger partial charge in [0.05, 0.1) is 4.90 Å². The number of nitrogens with zero attached hydrogens (tertiary/aromatic N) is 1. The summed E-state index contributed by atoms with van der Waals surface area (Å²) in [4.78, 5) is 39.1. The third kappa shape index (κ3) is 6.68. The second-order valence-corrected chi connectivity index (χ2v) is 11.0. The fraction of sp³-hybridized carbons (Fsp3) is 0.455. The largest absolute Gasteiger partial charge is 0.349 e. The third-order valence-corrected chi connectivity index (χ3v) is 7.61. The van der Waals surface area contributed by atoms with E-state index in [1.807, 2.05) is 13.8 Å². The molecular weight excluding hydrogens is 464 g/mol. The molecule has 1 aromatic heterocycles. The van der Waals surface area contributed by atoms with Gasteiger partial charge in [-0.2, -0.15) is 4.72 Å². The van der Waals surface area contributed by atoms with E-state index in [0.717, 1.165) is 10.4 Å². The number of sulfonamides is 1. The average Bonchev–Trinajstić information content (AvgIpc) is 3.21. The number of benzene rings is 1. The van der Waals surface area contributed by atoms with Crippen molar-refractivity contribution in [1.82, 2.24) is 19.7 Å². The summed E-state index contributed by atoms with van der Waals surface area (Å²) in [5, 5.41) is 5.21. The van der Waals surface area contributed by atoms with E-state index in [2.05, 4.69) is 19.7 Å². The van der Waals surface area contributed by atoms with Crippen LogP contribution in [0.3, 0.4) is 0 Å². The highest BCUT2D eigenvalue weighted by atomic mass is 32.2. The number of rotatable bonds is 7. The fourth-order valence-electron chi connectivity index (χ4n) is 3.58. The summed E-state index contributed by atoms with van der Waals surface area (Å²) < 4.78 is 32.3. The zero-order chi connectivity index (χ0) is 24.0. The SMILES string of the molecule is CC(C)CC(NS(=O)(=O)c1ccccc1)C(=O)NC1Cc2sncc2CCCNC(=O)C1=O. The van der Waals surface area contributed by atoms with Crippen LogP contribution < -0.4 is 15.4 Å². The molecule has 9 nitrogen and oxygen atoms in total. The molecule has 1 aliphatic rings. The van der Waals surface area contributed by atoms with Crippen LogP contribution in [-0.4, -0.2) is 49.0 Å². The zero-order valence-corrected chi connectivity index (χ0v) is 20.2. The number of aromatic nitrogens is 1. The van der Waals surface area contributed by atoms with Gasteiger partial charge in [-0.1, -0.05) is 32.0 Å². The molecule has 2 aromatic rings. The molecule has 3 N–H and O–H groups in total.